The quantitative estimate of drug-likeness (QED) is 0.666. The zero-order chi connectivity index (χ0) is 9.07. The van der Waals surface area contributed by atoms with Gasteiger partial charge in [0.25, 0.3) is 0 Å². The van der Waals surface area contributed by atoms with Crippen LogP contribution in [0.4, 0.5) is 0 Å². The molecule has 0 aliphatic rings. The van der Waals surface area contributed by atoms with Crippen LogP contribution in [0.3, 0.4) is 0 Å². The molecule has 2 heteroatoms. The van der Waals surface area contributed by atoms with E-state index < -0.39 is 0 Å². The molecule has 0 saturated heterocycles. The second kappa shape index (κ2) is 4.07. The summed E-state index contributed by atoms with van der Waals surface area (Å²) in [5.41, 5.74) is 0.232. The van der Waals surface area contributed by atoms with Crippen molar-refractivity contribution in [2.24, 2.45) is 0 Å². The number of hydrogen-bond acceptors (Lipinski definition) is 2. The standard InChI is InChI=1S/C9H22N2/c1-8(7-11(5)6)10-9(2,3)4/h8,10H,7H2,1-6H3/t8-/m0/s1. The van der Waals surface area contributed by atoms with E-state index in [1.165, 1.54) is 0 Å². The SMILES string of the molecule is C[C@@H](CN(C)C)NC(C)(C)C. The Morgan fingerprint density at radius 3 is 2.00 bits per heavy atom. The third-order valence-electron chi connectivity index (χ3n) is 1.32. The summed E-state index contributed by atoms with van der Waals surface area (Å²) in [7, 11) is 4.20. The second-order valence-corrected chi connectivity index (χ2v) is 4.56. The Hall–Kier alpha value is -0.0800. The molecule has 0 aromatic heterocycles. The van der Waals surface area contributed by atoms with E-state index in [4.69, 9.17) is 0 Å². The zero-order valence-corrected chi connectivity index (χ0v) is 8.73. The maximum Gasteiger partial charge on any atom is 0.0171 e. The summed E-state index contributed by atoms with van der Waals surface area (Å²) < 4.78 is 0. The predicted octanol–water partition coefficient (Wildman–Crippen LogP) is 1.32. The molecule has 0 amide bonds. The Labute approximate surface area is 71.0 Å². The average molecular weight is 158 g/mol. The molecule has 0 rings (SSSR count). The number of nitrogens with one attached hydrogen (secondary N) is 1. The van der Waals surface area contributed by atoms with Crippen molar-refractivity contribution in [2.45, 2.75) is 39.3 Å². The molecule has 0 aromatic rings. The molecule has 0 fully saturated rings. The highest BCUT2D eigenvalue weighted by Gasteiger charge is 2.13. The smallest absolute Gasteiger partial charge is 0.0171 e. The lowest BCUT2D eigenvalue weighted by Crippen LogP contribution is -2.46. The Bertz CT molecular complexity index is 103. The third kappa shape index (κ3) is 7.82. The van der Waals surface area contributed by atoms with Crippen LogP contribution in [0.15, 0.2) is 0 Å². The summed E-state index contributed by atoms with van der Waals surface area (Å²) >= 11 is 0. The van der Waals surface area contributed by atoms with Crippen LogP contribution < -0.4 is 5.32 Å². The first-order valence-corrected chi connectivity index (χ1v) is 4.23. The Morgan fingerprint density at radius 2 is 1.73 bits per heavy atom. The number of hydrogen-bond donors (Lipinski definition) is 1. The van der Waals surface area contributed by atoms with E-state index in [1.54, 1.807) is 0 Å². The van der Waals surface area contributed by atoms with E-state index in [2.05, 4.69) is 52.0 Å². The largest absolute Gasteiger partial charge is 0.308 e. The van der Waals surface area contributed by atoms with Gasteiger partial charge in [-0.1, -0.05) is 0 Å². The molecule has 0 radical (unpaired) electrons. The van der Waals surface area contributed by atoms with E-state index >= 15 is 0 Å². The summed E-state index contributed by atoms with van der Waals surface area (Å²) in [5, 5.41) is 3.51. The first-order valence-electron chi connectivity index (χ1n) is 4.23. The Morgan fingerprint density at radius 1 is 1.27 bits per heavy atom. The van der Waals surface area contributed by atoms with E-state index in [-0.39, 0.29) is 5.54 Å². The summed E-state index contributed by atoms with van der Waals surface area (Å²) in [6.07, 6.45) is 0. The lowest BCUT2D eigenvalue weighted by molar-refractivity contribution is 0.298. The molecule has 0 spiro atoms. The second-order valence-electron chi connectivity index (χ2n) is 4.56. The molecule has 0 aliphatic heterocycles. The van der Waals surface area contributed by atoms with Crippen molar-refractivity contribution in [1.82, 2.24) is 10.2 Å². The van der Waals surface area contributed by atoms with Gasteiger partial charge in [-0.15, -0.1) is 0 Å². The van der Waals surface area contributed by atoms with Crippen molar-refractivity contribution in [3.63, 3.8) is 0 Å². The van der Waals surface area contributed by atoms with Crippen LogP contribution >= 0.6 is 0 Å². The Kier molecular flexibility index (Phi) is 4.04. The van der Waals surface area contributed by atoms with Crippen LogP contribution in [0.5, 0.6) is 0 Å². The molecule has 0 heterocycles. The molecule has 0 aromatic carbocycles. The highest BCUT2D eigenvalue weighted by molar-refractivity contribution is 4.76. The molecule has 68 valence electrons. The minimum atomic E-state index is 0.232. The maximum absolute atomic E-state index is 3.51. The van der Waals surface area contributed by atoms with Crippen molar-refractivity contribution in [3.8, 4) is 0 Å². The van der Waals surface area contributed by atoms with Gasteiger partial charge in [0.1, 0.15) is 0 Å². The molecule has 1 atom stereocenters. The number of rotatable bonds is 3. The van der Waals surface area contributed by atoms with Gasteiger partial charge in [-0.2, -0.15) is 0 Å². The fourth-order valence-corrected chi connectivity index (χ4v) is 1.33. The number of nitrogens with zero attached hydrogens (tertiary/aromatic N) is 1. The third-order valence-corrected chi connectivity index (χ3v) is 1.32. The van der Waals surface area contributed by atoms with Crippen LogP contribution in [0, 0.1) is 0 Å². The van der Waals surface area contributed by atoms with Crippen molar-refractivity contribution in [3.05, 3.63) is 0 Å². The monoisotopic (exact) mass is 158 g/mol. The molecule has 0 bridgehead atoms. The molecular weight excluding hydrogens is 136 g/mol. The maximum atomic E-state index is 3.51. The molecule has 11 heavy (non-hydrogen) atoms. The lowest BCUT2D eigenvalue weighted by atomic mass is 10.1. The highest BCUT2D eigenvalue weighted by Crippen LogP contribution is 2.00. The van der Waals surface area contributed by atoms with Crippen LogP contribution in [-0.4, -0.2) is 37.1 Å². The van der Waals surface area contributed by atoms with Crippen LogP contribution in [0.2, 0.25) is 0 Å². The van der Waals surface area contributed by atoms with Crippen LogP contribution in [0.25, 0.3) is 0 Å². The minimum Gasteiger partial charge on any atom is -0.308 e. The van der Waals surface area contributed by atoms with E-state index in [9.17, 15) is 0 Å². The summed E-state index contributed by atoms with van der Waals surface area (Å²) in [4.78, 5) is 2.20. The predicted molar refractivity (Wildman–Crippen MR) is 50.9 cm³/mol. The van der Waals surface area contributed by atoms with Crippen molar-refractivity contribution >= 4 is 0 Å². The normalized spacial score (nSPS) is 15.5. The van der Waals surface area contributed by atoms with E-state index in [1.807, 2.05) is 0 Å². The summed E-state index contributed by atoms with van der Waals surface area (Å²) in [6.45, 7) is 9.89. The van der Waals surface area contributed by atoms with Gasteiger partial charge in [-0.05, 0) is 41.8 Å². The average Bonchev–Trinajstić information content (AvgIpc) is 1.53. The van der Waals surface area contributed by atoms with Crippen molar-refractivity contribution in [2.75, 3.05) is 20.6 Å². The summed E-state index contributed by atoms with van der Waals surface area (Å²) in [5.74, 6) is 0. The topological polar surface area (TPSA) is 15.3 Å². The lowest BCUT2D eigenvalue weighted by Gasteiger charge is -2.27. The molecule has 2 nitrogen and oxygen atoms in total. The van der Waals surface area contributed by atoms with Crippen LogP contribution in [-0.2, 0) is 0 Å². The molecule has 0 aliphatic carbocycles. The van der Waals surface area contributed by atoms with Gasteiger partial charge < -0.3 is 10.2 Å². The first-order chi connectivity index (χ1) is 4.81. The fourth-order valence-electron chi connectivity index (χ4n) is 1.33. The van der Waals surface area contributed by atoms with Gasteiger partial charge in [0, 0.05) is 18.1 Å². The summed E-state index contributed by atoms with van der Waals surface area (Å²) in [6, 6.07) is 0.560. The van der Waals surface area contributed by atoms with Crippen LogP contribution in [0.1, 0.15) is 27.7 Å². The van der Waals surface area contributed by atoms with Gasteiger partial charge >= 0.3 is 0 Å². The van der Waals surface area contributed by atoms with Gasteiger partial charge in [0.05, 0.1) is 0 Å². The minimum absolute atomic E-state index is 0.232. The van der Waals surface area contributed by atoms with Gasteiger partial charge in [-0.3, -0.25) is 0 Å². The Balaban J connectivity index is 3.61. The van der Waals surface area contributed by atoms with Crippen molar-refractivity contribution < 1.29 is 0 Å². The van der Waals surface area contributed by atoms with E-state index in [0.29, 0.717) is 6.04 Å². The van der Waals surface area contributed by atoms with Crippen molar-refractivity contribution in [1.29, 1.82) is 0 Å². The van der Waals surface area contributed by atoms with E-state index in [0.717, 1.165) is 6.54 Å². The highest BCUT2D eigenvalue weighted by atomic mass is 15.1. The molecule has 1 N–H and O–H groups in total. The molecule has 0 unspecified atom stereocenters. The van der Waals surface area contributed by atoms with Gasteiger partial charge in [0.2, 0.25) is 0 Å². The number of likely N-dealkylation sites (N-methyl/N-ethyl adjacent to an activating group) is 1. The fraction of sp³-hybridized carbons (Fsp3) is 1.00. The molecule has 0 saturated carbocycles. The zero-order valence-electron chi connectivity index (χ0n) is 8.73. The first kappa shape index (κ1) is 10.9. The molecular formula is C9H22N2. The van der Waals surface area contributed by atoms with Gasteiger partial charge in [-0.25, -0.2) is 0 Å². The van der Waals surface area contributed by atoms with Gasteiger partial charge in [0.15, 0.2) is 0 Å².